The number of Topliss-reactive ketones (excluding diaryl/α,β-unsaturated/α-hetero) is 1. The van der Waals surface area contributed by atoms with Gasteiger partial charge in [-0.25, -0.2) is 0 Å². The second-order valence-electron chi connectivity index (χ2n) is 3.65. The summed E-state index contributed by atoms with van der Waals surface area (Å²) < 4.78 is 0. The first-order valence-corrected chi connectivity index (χ1v) is 10.7. The van der Waals surface area contributed by atoms with Gasteiger partial charge < -0.3 is 0 Å². The maximum Gasteiger partial charge on any atom is 0.199 e. The first-order chi connectivity index (χ1) is 7.67. The molecule has 0 unspecified atom stereocenters. The number of halogens is 3. The molecule has 1 aromatic carbocycles. The molecule has 16 heavy (non-hydrogen) atoms. The van der Waals surface area contributed by atoms with Gasteiger partial charge in [-0.15, -0.1) is 0 Å². The number of hydrogen-bond acceptors (Lipinski definition) is 1. The van der Waals surface area contributed by atoms with Gasteiger partial charge in [0.15, 0.2) is 5.78 Å². The van der Waals surface area contributed by atoms with E-state index in [0.29, 0.717) is 6.16 Å². The van der Waals surface area contributed by atoms with E-state index < -0.39 is 7.26 Å². The summed E-state index contributed by atoms with van der Waals surface area (Å²) in [6.45, 7) is 0. The SMILES string of the molecule is O=C(C[P+](CBr)(CBr)CBr)c1ccccc1. The summed E-state index contributed by atoms with van der Waals surface area (Å²) in [5.74, 6) is 0.243. The molecule has 1 aromatic rings. The predicted octanol–water partition coefficient (Wildman–Crippen LogP) is 4.94. The maximum atomic E-state index is 12.1. The average Bonchev–Trinajstić information content (AvgIpc) is 2.37. The zero-order valence-electron chi connectivity index (χ0n) is 8.70. The van der Waals surface area contributed by atoms with Crippen molar-refractivity contribution in [2.45, 2.75) is 0 Å². The first-order valence-electron chi connectivity index (χ1n) is 4.79. The Bertz CT molecular complexity index is 330. The number of carbonyl (C=O) groups is 1. The summed E-state index contributed by atoms with van der Waals surface area (Å²) >= 11 is 10.6. The maximum absolute atomic E-state index is 12.1. The summed E-state index contributed by atoms with van der Waals surface area (Å²) in [4.78, 5) is 12.1. The number of rotatable bonds is 6. The standard InChI is InChI=1S/C11H13Br3OP/c12-7-16(8-13,9-14)6-11(15)10-4-2-1-3-5-10/h1-5H,6-9H2/q+1. The van der Waals surface area contributed by atoms with Gasteiger partial charge in [-0.3, -0.25) is 4.79 Å². The molecular weight excluding hydrogens is 419 g/mol. The first kappa shape index (κ1) is 14.8. The fourth-order valence-corrected chi connectivity index (χ4v) is 11.6. The Hall–Kier alpha value is 0.760. The number of hydrogen-bond donors (Lipinski definition) is 0. The smallest absolute Gasteiger partial charge is 0.199 e. The van der Waals surface area contributed by atoms with E-state index in [2.05, 4.69) is 47.8 Å². The van der Waals surface area contributed by atoms with Crippen molar-refractivity contribution in [1.82, 2.24) is 0 Å². The van der Waals surface area contributed by atoms with E-state index in [-0.39, 0.29) is 5.78 Å². The molecule has 0 heterocycles. The molecule has 0 aliphatic heterocycles. The number of carbonyl (C=O) groups excluding carboxylic acids is 1. The molecule has 0 amide bonds. The lowest BCUT2D eigenvalue weighted by atomic mass is 10.2. The fourth-order valence-electron chi connectivity index (χ4n) is 1.24. The summed E-state index contributed by atoms with van der Waals surface area (Å²) in [5, 5.41) is 2.74. The molecule has 0 atom stereocenters. The van der Waals surface area contributed by atoms with Crippen molar-refractivity contribution < 1.29 is 4.79 Å². The summed E-state index contributed by atoms with van der Waals surface area (Å²) in [6, 6.07) is 9.51. The minimum Gasteiger partial charge on any atom is -0.290 e. The van der Waals surface area contributed by atoms with Crippen LogP contribution in [0.15, 0.2) is 30.3 Å². The lowest BCUT2D eigenvalue weighted by Gasteiger charge is -2.19. The summed E-state index contributed by atoms with van der Waals surface area (Å²) in [7, 11) is -1.26. The van der Waals surface area contributed by atoms with E-state index in [1.165, 1.54) is 0 Å². The molecule has 0 spiro atoms. The van der Waals surface area contributed by atoms with E-state index in [1.807, 2.05) is 30.3 Å². The Labute approximate surface area is 122 Å². The lowest BCUT2D eigenvalue weighted by molar-refractivity contribution is 0.102. The van der Waals surface area contributed by atoms with Gasteiger partial charge in [0.25, 0.3) is 0 Å². The van der Waals surface area contributed by atoms with Crippen LogP contribution in [0.4, 0.5) is 0 Å². The van der Waals surface area contributed by atoms with Crippen molar-refractivity contribution in [2.24, 2.45) is 0 Å². The lowest BCUT2D eigenvalue weighted by Crippen LogP contribution is -2.13. The molecule has 0 N–H and O–H groups in total. The Morgan fingerprint density at radius 1 is 1.00 bits per heavy atom. The van der Waals surface area contributed by atoms with Crippen LogP contribution in [0.25, 0.3) is 0 Å². The van der Waals surface area contributed by atoms with Crippen LogP contribution in [0.5, 0.6) is 0 Å². The topological polar surface area (TPSA) is 17.1 Å². The highest BCUT2D eigenvalue weighted by atomic mass is 79.9. The highest BCUT2D eigenvalue weighted by molar-refractivity contribution is 9.13. The second kappa shape index (κ2) is 7.25. The van der Waals surface area contributed by atoms with Crippen LogP contribution in [0.3, 0.4) is 0 Å². The van der Waals surface area contributed by atoms with Crippen molar-refractivity contribution in [2.75, 3.05) is 21.4 Å². The van der Waals surface area contributed by atoms with Crippen LogP contribution < -0.4 is 0 Å². The average molecular weight is 432 g/mol. The van der Waals surface area contributed by atoms with Gasteiger partial charge >= 0.3 is 0 Å². The minimum atomic E-state index is -1.26. The second-order valence-corrected chi connectivity index (χ2v) is 11.9. The molecule has 0 aromatic heterocycles. The monoisotopic (exact) mass is 429 g/mol. The Kier molecular flexibility index (Phi) is 6.72. The molecule has 0 aliphatic carbocycles. The van der Waals surface area contributed by atoms with Crippen LogP contribution in [-0.2, 0) is 0 Å². The van der Waals surface area contributed by atoms with Crippen molar-refractivity contribution in [3.63, 3.8) is 0 Å². The number of alkyl halides is 3. The van der Waals surface area contributed by atoms with Gasteiger partial charge in [-0.1, -0.05) is 30.3 Å². The molecular formula is C11H13Br3OP+. The molecule has 0 radical (unpaired) electrons. The van der Waals surface area contributed by atoms with Crippen molar-refractivity contribution >= 4 is 60.8 Å². The molecule has 0 fully saturated rings. The number of ketones is 1. The zero-order chi connectivity index (χ0) is 12.0. The van der Waals surface area contributed by atoms with Gasteiger partial charge in [-0.05, 0) is 47.8 Å². The molecule has 0 saturated heterocycles. The molecule has 5 heteroatoms. The van der Waals surface area contributed by atoms with Crippen LogP contribution in [0.1, 0.15) is 10.4 Å². The molecule has 0 aliphatic rings. The zero-order valence-corrected chi connectivity index (χ0v) is 14.4. The Balaban J connectivity index is 2.77. The van der Waals surface area contributed by atoms with Gasteiger partial charge in [0.1, 0.15) is 21.4 Å². The summed E-state index contributed by atoms with van der Waals surface area (Å²) in [5.41, 5.74) is 0.815. The fraction of sp³-hybridized carbons (Fsp3) is 0.364. The van der Waals surface area contributed by atoms with Crippen LogP contribution in [0.2, 0.25) is 0 Å². The Morgan fingerprint density at radius 3 is 1.94 bits per heavy atom. The quantitative estimate of drug-likeness (QED) is 0.354. The van der Waals surface area contributed by atoms with Gasteiger partial charge in [0.05, 0.1) is 7.26 Å². The predicted molar refractivity (Wildman–Crippen MR) is 83.9 cm³/mol. The van der Waals surface area contributed by atoms with E-state index in [9.17, 15) is 4.79 Å². The largest absolute Gasteiger partial charge is 0.290 e. The highest BCUT2D eigenvalue weighted by Gasteiger charge is 2.37. The third-order valence-electron chi connectivity index (χ3n) is 2.34. The van der Waals surface area contributed by atoms with Crippen LogP contribution in [-0.4, -0.2) is 27.2 Å². The molecule has 0 saturated carbocycles. The van der Waals surface area contributed by atoms with Crippen molar-refractivity contribution in [1.29, 1.82) is 0 Å². The van der Waals surface area contributed by atoms with E-state index in [4.69, 9.17) is 0 Å². The molecule has 1 rings (SSSR count). The third-order valence-corrected chi connectivity index (χ3v) is 14.4. The van der Waals surface area contributed by atoms with Crippen molar-refractivity contribution in [3.8, 4) is 0 Å². The van der Waals surface area contributed by atoms with E-state index in [1.54, 1.807) is 0 Å². The third kappa shape index (κ3) is 3.90. The molecule has 0 bridgehead atoms. The Morgan fingerprint density at radius 2 is 1.50 bits per heavy atom. The van der Waals surface area contributed by atoms with E-state index >= 15 is 0 Å². The van der Waals surface area contributed by atoms with Gasteiger partial charge in [-0.2, -0.15) is 0 Å². The molecule has 88 valence electrons. The van der Waals surface area contributed by atoms with Crippen molar-refractivity contribution in [3.05, 3.63) is 35.9 Å². The van der Waals surface area contributed by atoms with Gasteiger partial charge in [0, 0.05) is 5.56 Å². The van der Waals surface area contributed by atoms with Crippen LogP contribution in [0, 0.1) is 0 Å². The van der Waals surface area contributed by atoms with E-state index in [0.717, 1.165) is 20.8 Å². The summed E-state index contributed by atoms with van der Waals surface area (Å²) in [6.07, 6.45) is 0.652. The van der Waals surface area contributed by atoms with Gasteiger partial charge in [0.2, 0.25) is 0 Å². The minimum absolute atomic E-state index is 0.243. The highest BCUT2D eigenvalue weighted by Crippen LogP contribution is 2.62. The molecule has 1 nitrogen and oxygen atoms in total. The normalized spacial score (nSPS) is 11.4. The van der Waals surface area contributed by atoms with Crippen LogP contribution >= 0.6 is 55.1 Å². The number of benzene rings is 1.